The summed E-state index contributed by atoms with van der Waals surface area (Å²) in [5, 5.41) is 0. The van der Waals surface area contributed by atoms with Crippen molar-refractivity contribution in [2.45, 2.75) is 4.90 Å². The van der Waals surface area contributed by atoms with E-state index in [4.69, 9.17) is 8.92 Å². The molecule has 7 nitrogen and oxygen atoms in total. The minimum atomic E-state index is -3.82. The van der Waals surface area contributed by atoms with Gasteiger partial charge in [0.25, 0.3) is 21.9 Å². The molecular formula is C18H17NO6S. The number of nitrogens with zero attached hydrogens (tertiary/aromatic N) is 1. The Kier molecular flexibility index (Phi) is 5.46. The number of carbonyl (C=O) groups is 2. The van der Waals surface area contributed by atoms with Gasteiger partial charge in [-0.25, -0.2) is 0 Å². The Hall–Kier alpha value is -2.55. The minimum absolute atomic E-state index is 0.0230. The molecule has 3 rings (SSSR count). The Morgan fingerprint density at radius 1 is 0.769 bits per heavy atom. The molecule has 0 spiro atoms. The SMILES string of the molecule is O=C1c2ccccc2C(=O)N1CCOCCOS(=O)(=O)c1ccccc1. The highest BCUT2D eigenvalue weighted by molar-refractivity contribution is 7.86. The summed E-state index contributed by atoms with van der Waals surface area (Å²) in [4.78, 5) is 25.5. The largest absolute Gasteiger partial charge is 0.377 e. The zero-order valence-corrected chi connectivity index (χ0v) is 14.6. The zero-order valence-electron chi connectivity index (χ0n) is 13.8. The number of hydrogen-bond acceptors (Lipinski definition) is 6. The van der Waals surface area contributed by atoms with E-state index in [2.05, 4.69) is 0 Å². The fraction of sp³-hybridized carbons (Fsp3) is 0.222. The van der Waals surface area contributed by atoms with Gasteiger partial charge in [0.05, 0.1) is 42.4 Å². The standard InChI is InChI=1S/C18H17NO6S/c20-17-15-8-4-5-9-16(15)18(21)19(17)10-11-24-12-13-25-26(22,23)14-6-2-1-3-7-14/h1-9H,10-13H2. The van der Waals surface area contributed by atoms with Crippen LogP contribution >= 0.6 is 0 Å². The molecule has 0 N–H and O–H groups in total. The van der Waals surface area contributed by atoms with Crippen LogP contribution in [0.1, 0.15) is 20.7 Å². The molecule has 0 saturated carbocycles. The van der Waals surface area contributed by atoms with Gasteiger partial charge >= 0.3 is 0 Å². The van der Waals surface area contributed by atoms with Crippen molar-refractivity contribution in [3.05, 3.63) is 65.7 Å². The second kappa shape index (κ2) is 7.77. The molecule has 0 fully saturated rings. The summed E-state index contributed by atoms with van der Waals surface area (Å²) in [6, 6.07) is 14.4. The van der Waals surface area contributed by atoms with Crippen LogP contribution in [0.15, 0.2) is 59.5 Å². The van der Waals surface area contributed by atoms with Gasteiger partial charge < -0.3 is 4.74 Å². The minimum Gasteiger partial charge on any atom is -0.377 e. The lowest BCUT2D eigenvalue weighted by Gasteiger charge is -2.13. The predicted molar refractivity (Wildman–Crippen MR) is 92.2 cm³/mol. The summed E-state index contributed by atoms with van der Waals surface area (Å²) in [5.74, 6) is -0.700. The van der Waals surface area contributed by atoms with Crippen molar-refractivity contribution >= 4 is 21.9 Å². The highest BCUT2D eigenvalue weighted by Gasteiger charge is 2.34. The molecule has 2 aromatic carbocycles. The number of ether oxygens (including phenoxy) is 1. The second-order valence-electron chi connectivity index (χ2n) is 5.51. The summed E-state index contributed by atoms with van der Waals surface area (Å²) < 4.78 is 34.0. The van der Waals surface area contributed by atoms with Crippen molar-refractivity contribution in [2.75, 3.05) is 26.4 Å². The van der Waals surface area contributed by atoms with Crippen molar-refractivity contribution in [3.63, 3.8) is 0 Å². The molecule has 136 valence electrons. The van der Waals surface area contributed by atoms with Crippen LogP contribution in [0.2, 0.25) is 0 Å². The molecule has 0 atom stereocenters. The van der Waals surface area contributed by atoms with Gasteiger partial charge in [0, 0.05) is 0 Å². The van der Waals surface area contributed by atoms with Crippen LogP contribution in [0.5, 0.6) is 0 Å². The van der Waals surface area contributed by atoms with E-state index >= 15 is 0 Å². The Morgan fingerprint density at radius 3 is 1.96 bits per heavy atom. The Balaban J connectivity index is 1.42. The first-order valence-electron chi connectivity index (χ1n) is 7.98. The second-order valence-corrected chi connectivity index (χ2v) is 7.12. The highest BCUT2D eigenvalue weighted by Crippen LogP contribution is 2.21. The average Bonchev–Trinajstić information content (AvgIpc) is 2.90. The summed E-state index contributed by atoms with van der Waals surface area (Å²) in [6.07, 6.45) is 0. The molecule has 1 heterocycles. The number of hydrogen-bond donors (Lipinski definition) is 0. The van der Waals surface area contributed by atoms with Gasteiger partial charge in [-0.15, -0.1) is 0 Å². The van der Waals surface area contributed by atoms with Crippen molar-refractivity contribution in [1.29, 1.82) is 0 Å². The van der Waals surface area contributed by atoms with Gasteiger partial charge in [0.1, 0.15) is 0 Å². The van der Waals surface area contributed by atoms with Crippen LogP contribution in [0, 0.1) is 0 Å². The van der Waals surface area contributed by atoms with E-state index in [1.165, 1.54) is 12.1 Å². The fourth-order valence-corrected chi connectivity index (χ4v) is 3.47. The monoisotopic (exact) mass is 375 g/mol. The van der Waals surface area contributed by atoms with Gasteiger partial charge in [0.2, 0.25) is 0 Å². The molecule has 0 unspecified atom stereocenters. The number of fused-ring (bicyclic) bond motifs is 1. The molecule has 0 bridgehead atoms. The maximum atomic E-state index is 12.2. The van der Waals surface area contributed by atoms with E-state index < -0.39 is 10.1 Å². The van der Waals surface area contributed by atoms with E-state index in [1.54, 1.807) is 42.5 Å². The molecule has 0 aliphatic carbocycles. The van der Waals surface area contributed by atoms with E-state index in [-0.39, 0.29) is 43.1 Å². The zero-order chi connectivity index (χ0) is 18.6. The van der Waals surface area contributed by atoms with Crippen LogP contribution in [-0.2, 0) is 19.0 Å². The quantitative estimate of drug-likeness (QED) is 0.396. The van der Waals surface area contributed by atoms with Crippen LogP contribution in [0.4, 0.5) is 0 Å². The van der Waals surface area contributed by atoms with Crippen LogP contribution < -0.4 is 0 Å². The fourth-order valence-electron chi connectivity index (χ4n) is 2.56. The third-order valence-electron chi connectivity index (χ3n) is 3.84. The molecule has 0 radical (unpaired) electrons. The van der Waals surface area contributed by atoms with Gasteiger partial charge in [-0.1, -0.05) is 30.3 Å². The number of imide groups is 1. The molecule has 2 aromatic rings. The predicted octanol–water partition coefficient (Wildman–Crippen LogP) is 1.70. The van der Waals surface area contributed by atoms with Crippen molar-refractivity contribution < 1.29 is 26.9 Å². The summed E-state index contributed by atoms with van der Waals surface area (Å²) >= 11 is 0. The first kappa shape index (κ1) is 18.2. The molecule has 0 saturated heterocycles. The lowest BCUT2D eigenvalue weighted by Crippen LogP contribution is -2.33. The first-order chi connectivity index (χ1) is 12.5. The van der Waals surface area contributed by atoms with Crippen LogP contribution in [0.3, 0.4) is 0 Å². The maximum Gasteiger partial charge on any atom is 0.297 e. The van der Waals surface area contributed by atoms with Crippen molar-refractivity contribution in [1.82, 2.24) is 4.90 Å². The lowest BCUT2D eigenvalue weighted by atomic mass is 10.1. The Morgan fingerprint density at radius 2 is 1.35 bits per heavy atom. The highest BCUT2D eigenvalue weighted by atomic mass is 32.2. The number of rotatable bonds is 8. The lowest BCUT2D eigenvalue weighted by molar-refractivity contribution is 0.0532. The van der Waals surface area contributed by atoms with Gasteiger partial charge in [0.15, 0.2) is 0 Å². The summed E-state index contributed by atoms with van der Waals surface area (Å²) in [6.45, 7) is 0.0621. The van der Waals surface area contributed by atoms with Crippen LogP contribution in [-0.4, -0.2) is 51.5 Å². The normalized spacial score (nSPS) is 13.9. The third kappa shape index (κ3) is 3.82. The molecule has 8 heteroatoms. The maximum absolute atomic E-state index is 12.2. The van der Waals surface area contributed by atoms with Crippen LogP contribution in [0.25, 0.3) is 0 Å². The van der Waals surface area contributed by atoms with E-state index in [1.807, 2.05) is 0 Å². The first-order valence-corrected chi connectivity index (χ1v) is 9.39. The number of amides is 2. The molecule has 1 aliphatic heterocycles. The average molecular weight is 375 g/mol. The van der Waals surface area contributed by atoms with Gasteiger partial charge in [-0.3, -0.25) is 18.7 Å². The Labute approximate surface area is 151 Å². The van der Waals surface area contributed by atoms with E-state index in [0.717, 1.165) is 4.90 Å². The van der Waals surface area contributed by atoms with Gasteiger partial charge in [-0.05, 0) is 24.3 Å². The molecule has 2 amide bonds. The van der Waals surface area contributed by atoms with E-state index in [0.29, 0.717) is 11.1 Å². The summed E-state index contributed by atoms with van der Waals surface area (Å²) in [5.41, 5.74) is 0.768. The van der Waals surface area contributed by atoms with Gasteiger partial charge in [-0.2, -0.15) is 8.42 Å². The summed E-state index contributed by atoms with van der Waals surface area (Å²) in [7, 11) is -3.82. The number of benzene rings is 2. The molecule has 0 aromatic heterocycles. The number of carbonyl (C=O) groups excluding carboxylic acids is 2. The van der Waals surface area contributed by atoms with Crippen molar-refractivity contribution in [3.8, 4) is 0 Å². The molecule has 26 heavy (non-hydrogen) atoms. The Bertz CT molecular complexity index is 875. The molecule has 1 aliphatic rings. The smallest absolute Gasteiger partial charge is 0.297 e. The van der Waals surface area contributed by atoms with Crippen molar-refractivity contribution in [2.24, 2.45) is 0 Å². The topological polar surface area (TPSA) is 90.0 Å². The van der Waals surface area contributed by atoms with E-state index in [9.17, 15) is 18.0 Å². The third-order valence-corrected chi connectivity index (χ3v) is 5.16. The molecular weight excluding hydrogens is 358 g/mol.